The van der Waals surface area contributed by atoms with Crippen molar-refractivity contribution < 1.29 is 8.98 Å². The van der Waals surface area contributed by atoms with Crippen LogP contribution in [0.4, 0.5) is 0 Å². The van der Waals surface area contributed by atoms with Crippen LogP contribution in [0.1, 0.15) is 37.5 Å². The van der Waals surface area contributed by atoms with Gasteiger partial charge >= 0.3 is 0 Å². The van der Waals surface area contributed by atoms with E-state index in [0.717, 1.165) is 49.9 Å². The molecule has 33 heavy (non-hydrogen) atoms. The van der Waals surface area contributed by atoms with Crippen molar-refractivity contribution in [2.45, 2.75) is 33.1 Å². The standard InChI is InChI=1S/C30H27N2O/c1-19-9-15-23-24-16-12-21(18-31)27(20-10-13-22(14-11-20)30(2,3)4)29(24)33-28(23)26(19)25-8-6-7-17-32(25)5/h6-17H,1-5H3/q+1. The molecule has 0 aliphatic carbocycles. The molecule has 0 radical (unpaired) electrons. The number of benzene rings is 3. The number of nitriles is 1. The zero-order valence-electron chi connectivity index (χ0n) is 19.7. The summed E-state index contributed by atoms with van der Waals surface area (Å²) in [5.74, 6) is 0. The van der Waals surface area contributed by atoms with Crippen molar-refractivity contribution in [1.82, 2.24) is 0 Å². The normalized spacial score (nSPS) is 11.8. The van der Waals surface area contributed by atoms with Crippen molar-refractivity contribution in [3.05, 3.63) is 89.6 Å². The number of nitrogens with zero attached hydrogens (tertiary/aromatic N) is 2. The third-order valence-corrected chi connectivity index (χ3v) is 6.49. The van der Waals surface area contributed by atoms with Crippen LogP contribution in [0.5, 0.6) is 0 Å². The summed E-state index contributed by atoms with van der Waals surface area (Å²) in [7, 11) is 2.05. The van der Waals surface area contributed by atoms with Crippen molar-refractivity contribution in [2.24, 2.45) is 7.05 Å². The maximum Gasteiger partial charge on any atom is 0.216 e. The summed E-state index contributed by atoms with van der Waals surface area (Å²) in [6.07, 6.45) is 2.05. The first kappa shape index (κ1) is 21.0. The Labute approximate surface area is 194 Å². The molecular weight excluding hydrogens is 404 g/mol. The lowest BCUT2D eigenvalue weighted by atomic mass is 9.86. The van der Waals surface area contributed by atoms with E-state index in [-0.39, 0.29) is 5.41 Å². The van der Waals surface area contributed by atoms with Crippen LogP contribution >= 0.6 is 0 Å². The van der Waals surface area contributed by atoms with Gasteiger partial charge < -0.3 is 4.42 Å². The molecule has 0 spiro atoms. The van der Waals surface area contributed by atoms with Gasteiger partial charge in [-0.05, 0) is 47.2 Å². The Balaban J connectivity index is 1.84. The Kier molecular flexibility index (Phi) is 4.83. The Bertz CT molecular complexity index is 1560. The number of aryl methyl sites for hydroxylation is 2. The molecule has 5 aromatic rings. The summed E-state index contributed by atoms with van der Waals surface area (Å²) in [5, 5.41) is 12.0. The van der Waals surface area contributed by atoms with Gasteiger partial charge in [0.05, 0.1) is 17.2 Å². The molecule has 162 valence electrons. The van der Waals surface area contributed by atoms with Crippen LogP contribution in [-0.2, 0) is 12.5 Å². The van der Waals surface area contributed by atoms with Crippen LogP contribution in [0.15, 0.2) is 77.3 Å². The van der Waals surface area contributed by atoms with Gasteiger partial charge in [0.1, 0.15) is 18.2 Å². The number of fused-ring (bicyclic) bond motifs is 3. The first-order valence-corrected chi connectivity index (χ1v) is 11.2. The SMILES string of the molecule is Cc1ccc2c(oc3c(-c4ccc(C(C)(C)C)cc4)c(C#N)ccc32)c1-c1cccc[n+]1C. The molecule has 3 aromatic carbocycles. The maximum absolute atomic E-state index is 9.92. The van der Waals surface area contributed by atoms with Crippen molar-refractivity contribution in [3.63, 3.8) is 0 Å². The summed E-state index contributed by atoms with van der Waals surface area (Å²) < 4.78 is 8.75. The number of hydrogen-bond acceptors (Lipinski definition) is 2. The Morgan fingerprint density at radius 2 is 1.48 bits per heavy atom. The van der Waals surface area contributed by atoms with Gasteiger partial charge in [0.25, 0.3) is 0 Å². The van der Waals surface area contributed by atoms with Crippen LogP contribution < -0.4 is 4.57 Å². The summed E-state index contributed by atoms with van der Waals surface area (Å²) >= 11 is 0. The van der Waals surface area contributed by atoms with Crippen LogP contribution in [0.3, 0.4) is 0 Å². The minimum Gasteiger partial charge on any atom is -0.454 e. The lowest BCUT2D eigenvalue weighted by Gasteiger charge is -2.19. The molecule has 0 unspecified atom stereocenters. The maximum atomic E-state index is 9.92. The first-order chi connectivity index (χ1) is 15.8. The number of furan rings is 1. The molecule has 5 rings (SSSR count). The van der Waals surface area contributed by atoms with Crippen molar-refractivity contribution in [3.8, 4) is 28.5 Å². The third-order valence-electron chi connectivity index (χ3n) is 6.49. The predicted octanol–water partition coefficient (Wildman–Crippen LogP) is 7.22. The topological polar surface area (TPSA) is 40.8 Å². The summed E-state index contributed by atoms with van der Waals surface area (Å²) in [4.78, 5) is 0. The van der Waals surface area contributed by atoms with E-state index in [1.165, 1.54) is 5.56 Å². The van der Waals surface area contributed by atoms with Gasteiger partial charge in [-0.3, -0.25) is 0 Å². The minimum absolute atomic E-state index is 0.0690. The van der Waals surface area contributed by atoms with Crippen molar-refractivity contribution in [1.29, 1.82) is 5.26 Å². The summed E-state index contributed by atoms with van der Waals surface area (Å²) in [6.45, 7) is 8.73. The molecule has 2 aromatic heterocycles. The highest BCUT2D eigenvalue weighted by molar-refractivity contribution is 6.13. The van der Waals surface area contributed by atoms with E-state index < -0.39 is 0 Å². The fourth-order valence-corrected chi connectivity index (χ4v) is 4.62. The Hall–Kier alpha value is -3.90. The molecule has 3 heteroatoms. The average Bonchev–Trinajstić information content (AvgIpc) is 3.17. The molecular formula is C30H27N2O+. The largest absolute Gasteiger partial charge is 0.454 e. The highest BCUT2D eigenvalue weighted by atomic mass is 16.3. The Morgan fingerprint density at radius 3 is 2.12 bits per heavy atom. The van der Waals surface area contributed by atoms with Crippen LogP contribution in [0.25, 0.3) is 44.3 Å². The molecule has 0 saturated heterocycles. The third kappa shape index (κ3) is 3.39. The molecule has 0 saturated carbocycles. The predicted molar refractivity (Wildman–Crippen MR) is 134 cm³/mol. The van der Waals surface area contributed by atoms with E-state index in [0.29, 0.717) is 5.56 Å². The molecule has 0 N–H and O–H groups in total. The molecule has 2 heterocycles. The monoisotopic (exact) mass is 431 g/mol. The van der Waals surface area contributed by atoms with Gasteiger partial charge in [0.2, 0.25) is 5.69 Å². The Morgan fingerprint density at radius 1 is 0.818 bits per heavy atom. The van der Waals surface area contributed by atoms with E-state index >= 15 is 0 Å². The molecule has 3 nitrogen and oxygen atoms in total. The quantitative estimate of drug-likeness (QED) is 0.277. The van der Waals surface area contributed by atoms with Gasteiger partial charge in [-0.25, -0.2) is 4.57 Å². The molecule has 0 amide bonds. The lowest BCUT2D eigenvalue weighted by Crippen LogP contribution is -2.30. The van der Waals surface area contributed by atoms with E-state index in [4.69, 9.17) is 4.42 Å². The second-order valence-electron chi connectivity index (χ2n) is 9.74. The second kappa shape index (κ2) is 7.60. The molecule has 0 fully saturated rings. The van der Waals surface area contributed by atoms with Gasteiger partial charge in [0.15, 0.2) is 6.20 Å². The second-order valence-corrected chi connectivity index (χ2v) is 9.74. The lowest BCUT2D eigenvalue weighted by molar-refractivity contribution is -0.660. The summed E-state index contributed by atoms with van der Waals surface area (Å²) in [5.41, 5.74) is 8.74. The smallest absolute Gasteiger partial charge is 0.216 e. The molecule has 0 aliphatic rings. The van der Waals surface area contributed by atoms with E-state index in [9.17, 15) is 5.26 Å². The van der Waals surface area contributed by atoms with Gasteiger partial charge in [-0.1, -0.05) is 57.2 Å². The molecule has 0 bridgehead atoms. The van der Waals surface area contributed by atoms with Gasteiger partial charge in [0, 0.05) is 28.5 Å². The highest BCUT2D eigenvalue weighted by Crippen LogP contribution is 2.42. The zero-order chi connectivity index (χ0) is 23.3. The molecule has 0 aliphatic heterocycles. The number of hydrogen-bond donors (Lipinski definition) is 0. The highest BCUT2D eigenvalue weighted by Gasteiger charge is 2.23. The van der Waals surface area contributed by atoms with Crippen molar-refractivity contribution >= 4 is 21.9 Å². The van der Waals surface area contributed by atoms with Crippen LogP contribution in [0, 0.1) is 18.3 Å². The molecule has 0 atom stereocenters. The van der Waals surface area contributed by atoms with Gasteiger partial charge in [-0.2, -0.15) is 5.26 Å². The first-order valence-electron chi connectivity index (χ1n) is 11.2. The fourth-order valence-electron chi connectivity index (χ4n) is 4.62. The van der Waals surface area contributed by atoms with E-state index in [2.05, 4.69) is 80.8 Å². The zero-order valence-corrected chi connectivity index (χ0v) is 19.7. The number of aromatic nitrogens is 1. The van der Waals surface area contributed by atoms with Crippen LogP contribution in [-0.4, -0.2) is 0 Å². The average molecular weight is 432 g/mol. The van der Waals surface area contributed by atoms with Crippen LogP contribution in [0.2, 0.25) is 0 Å². The minimum atomic E-state index is 0.0690. The fraction of sp³-hybridized carbons (Fsp3) is 0.200. The van der Waals surface area contributed by atoms with E-state index in [1.54, 1.807) is 0 Å². The summed E-state index contributed by atoms with van der Waals surface area (Å²) in [6, 6.07) is 25.3. The van der Waals surface area contributed by atoms with Crippen molar-refractivity contribution in [2.75, 3.05) is 0 Å². The number of pyridine rings is 1. The van der Waals surface area contributed by atoms with E-state index in [1.807, 2.05) is 37.5 Å². The van der Waals surface area contributed by atoms with Gasteiger partial charge in [-0.15, -0.1) is 0 Å². The number of rotatable bonds is 2.